The van der Waals surface area contributed by atoms with E-state index in [1.165, 1.54) is 0 Å². The van der Waals surface area contributed by atoms with Crippen LogP contribution in [0.2, 0.25) is 0 Å². The van der Waals surface area contributed by atoms with Crippen LogP contribution in [0.15, 0.2) is 47.1 Å². The fourth-order valence-corrected chi connectivity index (χ4v) is 3.00. The zero-order chi connectivity index (χ0) is 16.2. The molecule has 118 valence electrons. The Morgan fingerprint density at radius 3 is 2.74 bits per heavy atom. The molecule has 1 aromatic carbocycles. The molecule has 0 radical (unpaired) electrons. The van der Waals surface area contributed by atoms with Gasteiger partial charge >= 0.3 is 0 Å². The monoisotopic (exact) mass is 327 g/mol. The maximum absolute atomic E-state index is 5.78. The van der Waals surface area contributed by atoms with E-state index in [1.807, 2.05) is 35.7 Å². The van der Waals surface area contributed by atoms with Gasteiger partial charge in [0.25, 0.3) is 0 Å². The van der Waals surface area contributed by atoms with Gasteiger partial charge in [-0.2, -0.15) is 0 Å². The van der Waals surface area contributed by atoms with Crippen molar-refractivity contribution in [2.24, 2.45) is 16.7 Å². The highest BCUT2D eigenvalue weighted by Gasteiger charge is 2.10. The summed E-state index contributed by atoms with van der Waals surface area (Å²) in [6, 6.07) is 9.92. The smallest absolute Gasteiger partial charge is 0.152 e. The van der Waals surface area contributed by atoms with Crippen LogP contribution in [-0.4, -0.2) is 15.8 Å². The summed E-state index contributed by atoms with van der Waals surface area (Å²) in [6.07, 6.45) is 1.58. The van der Waals surface area contributed by atoms with Gasteiger partial charge in [-0.15, -0.1) is 16.4 Å². The molecule has 0 aliphatic heterocycles. The standard InChI is InChI=1S/C15H17N7S/c1-9(10-2-4-11(5-3-10)13(16)21-22-17)20-14-12-6-7-23-15(12)19-8-18-14/h2-9,22H,17H2,1H3,(H2,16,21)(H,18,19,20). The van der Waals surface area contributed by atoms with Crippen LogP contribution in [0, 0.1) is 0 Å². The van der Waals surface area contributed by atoms with Crippen LogP contribution in [0.4, 0.5) is 5.82 Å². The lowest BCUT2D eigenvalue weighted by molar-refractivity contribution is 0.803. The fourth-order valence-electron chi connectivity index (χ4n) is 2.27. The van der Waals surface area contributed by atoms with Gasteiger partial charge in [0, 0.05) is 11.6 Å². The number of amidine groups is 1. The first-order valence-corrected chi connectivity index (χ1v) is 7.91. The van der Waals surface area contributed by atoms with Crippen LogP contribution in [0.5, 0.6) is 0 Å². The van der Waals surface area contributed by atoms with E-state index in [4.69, 9.17) is 11.6 Å². The largest absolute Gasteiger partial charge is 0.382 e. The van der Waals surface area contributed by atoms with Crippen molar-refractivity contribution in [1.29, 1.82) is 0 Å². The third-order valence-corrected chi connectivity index (χ3v) is 4.33. The molecule has 1 atom stereocenters. The molecule has 0 spiro atoms. The molecule has 0 saturated carbocycles. The van der Waals surface area contributed by atoms with Gasteiger partial charge < -0.3 is 11.1 Å². The zero-order valence-electron chi connectivity index (χ0n) is 12.5. The normalized spacial score (nSPS) is 13.0. The molecule has 23 heavy (non-hydrogen) atoms. The lowest BCUT2D eigenvalue weighted by Crippen LogP contribution is -2.23. The van der Waals surface area contributed by atoms with Gasteiger partial charge in [-0.05, 0) is 23.9 Å². The molecule has 8 heteroatoms. The average Bonchev–Trinajstić information content (AvgIpc) is 3.05. The minimum absolute atomic E-state index is 0.0906. The van der Waals surface area contributed by atoms with Crippen LogP contribution in [0.3, 0.4) is 0 Å². The predicted molar refractivity (Wildman–Crippen MR) is 93.9 cm³/mol. The van der Waals surface area contributed by atoms with Gasteiger partial charge in [0.05, 0.1) is 5.39 Å². The maximum Gasteiger partial charge on any atom is 0.152 e. The molecule has 0 aliphatic rings. The number of hydrazine groups is 1. The molecule has 2 heterocycles. The predicted octanol–water partition coefficient (Wildman–Crippen LogP) is 1.95. The van der Waals surface area contributed by atoms with E-state index in [2.05, 4.69) is 32.8 Å². The quantitative estimate of drug-likeness (QED) is 0.246. The van der Waals surface area contributed by atoms with E-state index < -0.39 is 0 Å². The van der Waals surface area contributed by atoms with Crippen molar-refractivity contribution < 1.29 is 0 Å². The maximum atomic E-state index is 5.78. The summed E-state index contributed by atoms with van der Waals surface area (Å²) in [7, 11) is 0. The first-order chi connectivity index (χ1) is 11.2. The van der Waals surface area contributed by atoms with E-state index in [-0.39, 0.29) is 6.04 Å². The lowest BCUT2D eigenvalue weighted by atomic mass is 10.1. The summed E-state index contributed by atoms with van der Waals surface area (Å²) >= 11 is 1.60. The first-order valence-electron chi connectivity index (χ1n) is 7.03. The number of nitrogens with one attached hydrogen (secondary N) is 2. The number of fused-ring (bicyclic) bond motifs is 1. The van der Waals surface area contributed by atoms with Crippen molar-refractivity contribution in [1.82, 2.24) is 15.5 Å². The summed E-state index contributed by atoms with van der Waals surface area (Å²) < 4.78 is 0. The Morgan fingerprint density at radius 1 is 1.22 bits per heavy atom. The average molecular weight is 327 g/mol. The van der Waals surface area contributed by atoms with E-state index in [0.717, 1.165) is 27.2 Å². The molecular weight excluding hydrogens is 310 g/mol. The van der Waals surface area contributed by atoms with Crippen molar-refractivity contribution in [3.05, 3.63) is 53.2 Å². The number of thiophene rings is 1. The van der Waals surface area contributed by atoms with E-state index in [1.54, 1.807) is 17.7 Å². The second kappa shape index (κ2) is 6.59. The SMILES string of the molecule is CC(Nc1ncnc2sccc12)c1ccc(/C(N)=N/NN)cc1. The minimum Gasteiger partial charge on any atom is -0.382 e. The minimum atomic E-state index is 0.0906. The summed E-state index contributed by atoms with van der Waals surface area (Å²) in [4.78, 5) is 9.57. The second-order valence-corrected chi connectivity index (χ2v) is 5.87. The van der Waals surface area contributed by atoms with Crippen LogP contribution >= 0.6 is 11.3 Å². The molecule has 0 saturated heterocycles. The van der Waals surface area contributed by atoms with Gasteiger partial charge in [0.2, 0.25) is 0 Å². The molecule has 7 nitrogen and oxygen atoms in total. The molecule has 0 amide bonds. The Bertz CT molecular complexity index is 825. The van der Waals surface area contributed by atoms with Gasteiger partial charge in [-0.25, -0.2) is 21.3 Å². The summed E-state index contributed by atoms with van der Waals surface area (Å²) in [5.41, 5.74) is 9.89. The van der Waals surface area contributed by atoms with Crippen molar-refractivity contribution in [2.45, 2.75) is 13.0 Å². The van der Waals surface area contributed by atoms with Crippen molar-refractivity contribution in [2.75, 3.05) is 5.32 Å². The van der Waals surface area contributed by atoms with Crippen LogP contribution in [0.1, 0.15) is 24.1 Å². The molecule has 0 bridgehead atoms. The third kappa shape index (κ3) is 3.22. The molecule has 1 unspecified atom stereocenters. The molecule has 6 N–H and O–H groups in total. The molecule has 0 aliphatic carbocycles. The van der Waals surface area contributed by atoms with E-state index >= 15 is 0 Å². The number of anilines is 1. The molecule has 0 fully saturated rings. The highest BCUT2D eigenvalue weighted by Crippen LogP contribution is 2.27. The first kappa shape index (κ1) is 15.2. The Morgan fingerprint density at radius 2 is 2.00 bits per heavy atom. The summed E-state index contributed by atoms with van der Waals surface area (Å²) in [5.74, 6) is 6.31. The summed E-state index contributed by atoms with van der Waals surface area (Å²) in [5, 5.41) is 10.2. The van der Waals surface area contributed by atoms with Gasteiger partial charge in [-0.3, -0.25) is 0 Å². The third-order valence-electron chi connectivity index (χ3n) is 3.51. The topological polar surface area (TPSA) is 114 Å². The van der Waals surface area contributed by atoms with Crippen molar-refractivity contribution >= 4 is 33.2 Å². The fraction of sp³-hybridized carbons (Fsp3) is 0.133. The van der Waals surface area contributed by atoms with Gasteiger partial charge in [0.1, 0.15) is 17.0 Å². The number of nitrogens with zero attached hydrogens (tertiary/aromatic N) is 3. The second-order valence-electron chi connectivity index (χ2n) is 4.98. The van der Waals surface area contributed by atoms with Crippen LogP contribution in [0.25, 0.3) is 10.2 Å². The molecule has 3 aromatic rings. The number of rotatable bonds is 5. The lowest BCUT2D eigenvalue weighted by Gasteiger charge is -2.16. The number of nitrogens with two attached hydrogens (primary N) is 2. The Kier molecular flexibility index (Phi) is 4.35. The van der Waals surface area contributed by atoms with Crippen molar-refractivity contribution in [3.8, 4) is 0 Å². The number of aromatic nitrogens is 2. The van der Waals surface area contributed by atoms with Gasteiger partial charge in [-0.1, -0.05) is 24.3 Å². The number of benzene rings is 1. The van der Waals surface area contributed by atoms with E-state index in [9.17, 15) is 0 Å². The highest BCUT2D eigenvalue weighted by molar-refractivity contribution is 7.16. The molecule has 3 rings (SSSR count). The Hall–Kier alpha value is -2.71. The Balaban J connectivity index is 1.79. The van der Waals surface area contributed by atoms with Gasteiger partial charge in [0.15, 0.2) is 5.84 Å². The molecular formula is C15H17N7S. The Labute approximate surface area is 137 Å². The molecule has 2 aromatic heterocycles. The van der Waals surface area contributed by atoms with E-state index in [0.29, 0.717) is 5.84 Å². The van der Waals surface area contributed by atoms with Crippen molar-refractivity contribution in [3.63, 3.8) is 0 Å². The summed E-state index contributed by atoms with van der Waals surface area (Å²) in [6.45, 7) is 2.08. The highest BCUT2D eigenvalue weighted by atomic mass is 32.1. The number of hydrogen-bond donors (Lipinski definition) is 4. The van der Waals surface area contributed by atoms with Crippen LogP contribution < -0.4 is 22.4 Å². The zero-order valence-corrected chi connectivity index (χ0v) is 13.3. The number of hydrogen-bond acceptors (Lipinski definition) is 7. The van der Waals surface area contributed by atoms with Crippen LogP contribution in [-0.2, 0) is 0 Å². The number of hydrazone groups is 1.